The van der Waals surface area contributed by atoms with Crippen LogP contribution in [0.2, 0.25) is 0 Å². The highest BCUT2D eigenvalue weighted by molar-refractivity contribution is 5.77. The minimum atomic E-state index is -4.49. The molecule has 0 unspecified atom stereocenters. The molecular weight excluding hydrogens is 435 g/mol. The van der Waals surface area contributed by atoms with Crippen LogP contribution in [-0.4, -0.2) is 36.9 Å². The molecule has 33 heavy (non-hydrogen) atoms. The molecule has 0 radical (unpaired) electrons. The molecule has 0 saturated carbocycles. The van der Waals surface area contributed by atoms with Crippen molar-refractivity contribution in [3.8, 4) is 0 Å². The first-order chi connectivity index (χ1) is 15.7. The van der Waals surface area contributed by atoms with Crippen LogP contribution < -0.4 is 11.1 Å². The van der Waals surface area contributed by atoms with Gasteiger partial charge >= 0.3 is 6.18 Å². The molecule has 8 nitrogen and oxygen atoms in total. The molecule has 2 aromatic heterocycles. The van der Waals surface area contributed by atoms with E-state index in [9.17, 15) is 18.0 Å². The summed E-state index contributed by atoms with van der Waals surface area (Å²) in [5.74, 6) is 1.54. The SMILES string of the molecule is C=CCCC(=O)N1CCc2c(c(NCc3cc(N)cc(C(F)(F)F)c3)nc3nnc(C)n23)C1. The monoisotopic (exact) mass is 459 g/mol. The lowest BCUT2D eigenvalue weighted by Crippen LogP contribution is -2.37. The third-order valence-electron chi connectivity index (χ3n) is 5.61. The van der Waals surface area contributed by atoms with Crippen molar-refractivity contribution < 1.29 is 18.0 Å². The normalized spacial score (nSPS) is 13.8. The van der Waals surface area contributed by atoms with Crippen molar-refractivity contribution in [2.24, 2.45) is 0 Å². The van der Waals surface area contributed by atoms with Crippen molar-refractivity contribution in [3.63, 3.8) is 0 Å². The van der Waals surface area contributed by atoms with E-state index in [4.69, 9.17) is 5.73 Å². The Balaban J connectivity index is 1.67. The largest absolute Gasteiger partial charge is 0.416 e. The average Bonchev–Trinajstić information content (AvgIpc) is 3.15. The van der Waals surface area contributed by atoms with Gasteiger partial charge in [0.15, 0.2) is 0 Å². The fourth-order valence-electron chi connectivity index (χ4n) is 4.03. The molecule has 3 aromatic rings. The Morgan fingerprint density at radius 1 is 1.30 bits per heavy atom. The number of hydrogen-bond donors (Lipinski definition) is 2. The number of alkyl halides is 3. The van der Waals surface area contributed by atoms with Gasteiger partial charge in [-0.3, -0.25) is 9.20 Å². The second kappa shape index (κ2) is 8.72. The summed E-state index contributed by atoms with van der Waals surface area (Å²) in [4.78, 5) is 18.9. The van der Waals surface area contributed by atoms with Crippen LogP contribution in [0.25, 0.3) is 5.78 Å². The molecule has 1 amide bonds. The van der Waals surface area contributed by atoms with E-state index in [1.165, 1.54) is 6.07 Å². The van der Waals surface area contributed by atoms with E-state index in [1.807, 2.05) is 11.3 Å². The highest BCUT2D eigenvalue weighted by atomic mass is 19.4. The predicted octanol–water partition coefficient (Wildman–Crippen LogP) is 3.50. The van der Waals surface area contributed by atoms with Crippen LogP contribution in [0.4, 0.5) is 24.7 Å². The standard InChI is InChI=1S/C22H24F3N7O/c1-3-4-5-19(33)31-7-6-18-17(12-31)20(28-21-30-29-13(2)32(18)21)27-11-14-8-15(22(23,24)25)10-16(26)9-14/h3,8-10H,1,4-7,11-12,26H2,2H3,(H,27,28,30). The first-order valence-electron chi connectivity index (χ1n) is 10.5. The number of nitrogens with two attached hydrogens (primary N) is 1. The summed E-state index contributed by atoms with van der Waals surface area (Å²) in [7, 11) is 0. The number of nitrogens with zero attached hydrogens (tertiary/aromatic N) is 5. The number of benzene rings is 1. The van der Waals surface area contributed by atoms with Crippen LogP contribution >= 0.6 is 0 Å². The lowest BCUT2D eigenvalue weighted by molar-refractivity contribution is -0.137. The number of nitrogen functional groups attached to an aromatic ring is 1. The maximum absolute atomic E-state index is 13.2. The van der Waals surface area contributed by atoms with Gasteiger partial charge in [-0.2, -0.15) is 18.2 Å². The van der Waals surface area contributed by atoms with E-state index in [0.717, 1.165) is 23.4 Å². The van der Waals surface area contributed by atoms with Gasteiger partial charge in [0.05, 0.1) is 12.1 Å². The topological polar surface area (TPSA) is 101 Å². The number of nitrogens with one attached hydrogen (secondary N) is 1. The lowest BCUT2D eigenvalue weighted by atomic mass is 10.0. The molecule has 174 valence electrons. The van der Waals surface area contributed by atoms with Gasteiger partial charge in [-0.25, -0.2) is 0 Å². The van der Waals surface area contributed by atoms with Crippen LogP contribution in [0, 0.1) is 6.92 Å². The third kappa shape index (κ3) is 4.62. The van der Waals surface area contributed by atoms with E-state index in [2.05, 4.69) is 27.1 Å². The van der Waals surface area contributed by atoms with Crippen molar-refractivity contribution in [2.75, 3.05) is 17.6 Å². The summed E-state index contributed by atoms with van der Waals surface area (Å²) in [6.45, 7) is 6.43. The summed E-state index contributed by atoms with van der Waals surface area (Å²) < 4.78 is 41.4. The van der Waals surface area contributed by atoms with Crippen LogP contribution in [0.5, 0.6) is 0 Å². The second-order valence-electron chi connectivity index (χ2n) is 7.98. The number of aryl methyl sites for hydroxylation is 1. The number of anilines is 2. The van der Waals surface area contributed by atoms with E-state index in [-0.39, 0.29) is 18.1 Å². The summed E-state index contributed by atoms with van der Waals surface area (Å²) in [5, 5.41) is 11.3. The molecule has 0 aliphatic carbocycles. The minimum absolute atomic E-state index is 0.0118. The quantitative estimate of drug-likeness (QED) is 0.432. The number of fused-ring (bicyclic) bond motifs is 3. The number of rotatable bonds is 6. The van der Waals surface area contributed by atoms with Gasteiger partial charge < -0.3 is 16.0 Å². The zero-order valence-corrected chi connectivity index (χ0v) is 18.1. The number of allylic oxidation sites excluding steroid dienone is 1. The Morgan fingerprint density at radius 2 is 2.09 bits per heavy atom. The van der Waals surface area contributed by atoms with Gasteiger partial charge in [0, 0.05) is 42.9 Å². The maximum atomic E-state index is 13.2. The highest BCUT2D eigenvalue weighted by Gasteiger charge is 2.31. The number of halogens is 3. The van der Waals surface area contributed by atoms with Gasteiger partial charge in [-0.15, -0.1) is 16.8 Å². The molecule has 0 spiro atoms. The Bertz CT molecular complexity index is 1220. The molecule has 0 saturated heterocycles. The van der Waals surface area contributed by atoms with Crippen molar-refractivity contribution in [2.45, 2.75) is 45.5 Å². The van der Waals surface area contributed by atoms with Crippen molar-refractivity contribution in [1.29, 1.82) is 0 Å². The van der Waals surface area contributed by atoms with Crippen LogP contribution in [0.15, 0.2) is 30.9 Å². The Labute approximate surface area is 188 Å². The molecule has 3 heterocycles. The molecule has 1 aromatic carbocycles. The number of hydrogen-bond acceptors (Lipinski definition) is 6. The molecular formula is C22H24F3N7O. The van der Waals surface area contributed by atoms with Crippen LogP contribution in [0.3, 0.4) is 0 Å². The van der Waals surface area contributed by atoms with E-state index in [0.29, 0.717) is 55.3 Å². The minimum Gasteiger partial charge on any atom is -0.399 e. The highest BCUT2D eigenvalue weighted by Crippen LogP contribution is 2.32. The third-order valence-corrected chi connectivity index (χ3v) is 5.61. The second-order valence-corrected chi connectivity index (χ2v) is 7.98. The zero-order chi connectivity index (χ0) is 23.8. The first kappa shape index (κ1) is 22.6. The lowest BCUT2D eigenvalue weighted by Gasteiger charge is -2.30. The predicted molar refractivity (Wildman–Crippen MR) is 117 cm³/mol. The van der Waals surface area contributed by atoms with Crippen molar-refractivity contribution >= 4 is 23.2 Å². The smallest absolute Gasteiger partial charge is 0.399 e. The van der Waals surface area contributed by atoms with Crippen LogP contribution in [0.1, 0.15) is 41.1 Å². The molecule has 0 bridgehead atoms. The maximum Gasteiger partial charge on any atom is 0.416 e. The average molecular weight is 459 g/mol. The van der Waals surface area contributed by atoms with Gasteiger partial charge in [0.2, 0.25) is 5.91 Å². The Kier molecular flexibility index (Phi) is 5.96. The van der Waals surface area contributed by atoms with Gasteiger partial charge in [0.25, 0.3) is 5.78 Å². The summed E-state index contributed by atoms with van der Waals surface area (Å²) in [5.41, 5.74) is 7.00. The number of carbonyl (C=O) groups is 1. The number of amides is 1. The number of carbonyl (C=O) groups excluding carboxylic acids is 1. The zero-order valence-electron chi connectivity index (χ0n) is 18.1. The van der Waals surface area contributed by atoms with Crippen LogP contribution in [-0.2, 0) is 30.5 Å². The van der Waals surface area contributed by atoms with Gasteiger partial charge in [0.1, 0.15) is 11.6 Å². The molecule has 1 aliphatic heterocycles. The van der Waals surface area contributed by atoms with E-state index >= 15 is 0 Å². The van der Waals surface area contributed by atoms with Crippen molar-refractivity contribution in [3.05, 3.63) is 59.1 Å². The Morgan fingerprint density at radius 3 is 2.82 bits per heavy atom. The fraction of sp³-hybridized carbons (Fsp3) is 0.364. The molecule has 0 fully saturated rings. The fourth-order valence-corrected chi connectivity index (χ4v) is 4.03. The summed E-state index contributed by atoms with van der Waals surface area (Å²) >= 11 is 0. The van der Waals surface area contributed by atoms with Gasteiger partial charge in [-0.1, -0.05) is 6.08 Å². The molecule has 1 aliphatic rings. The Hall–Kier alpha value is -3.63. The molecule has 3 N–H and O–H groups in total. The summed E-state index contributed by atoms with van der Waals surface area (Å²) in [6, 6.07) is 3.45. The molecule has 11 heteroatoms. The number of aromatic nitrogens is 4. The molecule has 0 atom stereocenters. The summed E-state index contributed by atoms with van der Waals surface area (Å²) in [6.07, 6.45) is -1.25. The van der Waals surface area contributed by atoms with E-state index in [1.54, 1.807) is 11.0 Å². The van der Waals surface area contributed by atoms with Gasteiger partial charge in [-0.05, 0) is 37.1 Å². The van der Waals surface area contributed by atoms with Crippen molar-refractivity contribution in [1.82, 2.24) is 24.5 Å². The van der Waals surface area contributed by atoms with E-state index < -0.39 is 11.7 Å². The first-order valence-corrected chi connectivity index (χ1v) is 10.5. The molecule has 4 rings (SSSR count).